The molecule has 1 aliphatic heterocycles. The van der Waals surface area contributed by atoms with E-state index >= 15 is 0 Å². The van der Waals surface area contributed by atoms with Crippen molar-refractivity contribution in [3.8, 4) is 11.3 Å². The van der Waals surface area contributed by atoms with Crippen LogP contribution in [0, 0.1) is 5.92 Å². The number of hydrogen-bond donors (Lipinski definition) is 1. The molecule has 1 aliphatic rings. The van der Waals surface area contributed by atoms with E-state index in [1.165, 1.54) is 4.68 Å². The molecule has 0 unspecified atom stereocenters. The molecule has 2 aromatic rings. The van der Waals surface area contributed by atoms with Crippen LogP contribution in [0.5, 0.6) is 0 Å². The van der Waals surface area contributed by atoms with Crippen molar-refractivity contribution in [1.29, 1.82) is 0 Å². The second-order valence-electron chi connectivity index (χ2n) is 5.66. The molecule has 1 N–H and O–H groups in total. The van der Waals surface area contributed by atoms with Crippen LogP contribution in [0.15, 0.2) is 36.5 Å². The summed E-state index contributed by atoms with van der Waals surface area (Å²) < 4.78 is 1.52. The first-order chi connectivity index (χ1) is 11.1. The molecule has 0 saturated carbocycles. The minimum absolute atomic E-state index is 0.0571. The van der Waals surface area contributed by atoms with Crippen molar-refractivity contribution in [3.05, 3.63) is 36.5 Å². The summed E-state index contributed by atoms with van der Waals surface area (Å²) in [5, 5.41) is 17.1. The van der Waals surface area contributed by atoms with Gasteiger partial charge in [0.05, 0.1) is 12.1 Å². The minimum atomic E-state index is -0.777. The van der Waals surface area contributed by atoms with Crippen molar-refractivity contribution in [2.24, 2.45) is 5.92 Å². The van der Waals surface area contributed by atoms with E-state index in [2.05, 4.69) is 10.3 Å². The van der Waals surface area contributed by atoms with E-state index in [1.54, 1.807) is 11.1 Å². The molecule has 120 valence electrons. The number of benzene rings is 1. The molecule has 0 bridgehead atoms. The highest BCUT2D eigenvalue weighted by Gasteiger charge is 2.27. The first-order valence-corrected chi connectivity index (χ1v) is 7.59. The van der Waals surface area contributed by atoms with Gasteiger partial charge in [0, 0.05) is 18.7 Å². The zero-order valence-electron chi connectivity index (χ0n) is 12.6. The Balaban J connectivity index is 1.59. The third-order valence-corrected chi connectivity index (χ3v) is 4.10. The van der Waals surface area contributed by atoms with E-state index in [1.807, 2.05) is 30.3 Å². The Labute approximate surface area is 133 Å². The quantitative estimate of drug-likeness (QED) is 0.918. The number of carbonyl (C=O) groups excluding carboxylic acids is 1. The average molecular weight is 314 g/mol. The third kappa shape index (κ3) is 3.56. The van der Waals surface area contributed by atoms with Gasteiger partial charge in [-0.05, 0) is 12.8 Å². The number of carboxylic acid groups (broad SMARTS) is 1. The lowest BCUT2D eigenvalue weighted by Crippen LogP contribution is -2.41. The Kier molecular flexibility index (Phi) is 4.36. The Hall–Kier alpha value is -2.70. The third-order valence-electron chi connectivity index (χ3n) is 4.10. The number of piperidine rings is 1. The van der Waals surface area contributed by atoms with Crippen molar-refractivity contribution in [2.75, 3.05) is 13.1 Å². The maximum atomic E-state index is 12.3. The Bertz CT molecular complexity index is 690. The normalized spacial score (nSPS) is 15.6. The monoisotopic (exact) mass is 314 g/mol. The summed E-state index contributed by atoms with van der Waals surface area (Å²) in [4.78, 5) is 24.9. The largest absolute Gasteiger partial charge is 0.481 e. The summed E-state index contributed by atoms with van der Waals surface area (Å²) in [5.74, 6) is -1.17. The van der Waals surface area contributed by atoms with Gasteiger partial charge in [0.15, 0.2) is 0 Å². The molecule has 0 spiro atoms. The number of likely N-dealkylation sites (tertiary alicyclic amines) is 1. The first kappa shape index (κ1) is 15.2. The molecule has 3 rings (SSSR count). The van der Waals surface area contributed by atoms with Crippen molar-refractivity contribution in [3.63, 3.8) is 0 Å². The summed E-state index contributed by atoms with van der Waals surface area (Å²) in [6.07, 6.45) is 2.76. The van der Waals surface area contributed by atoms with Crippen LogP contribution >= 0.6 is 0 Å². The number of aromatic nitrogens is 3. The summed E-state index contributed by atoms with van der Waals surface area (Å²) in [6, 6.07) is 9.65. The van der Waals surface area contributed by atoms with Crippen molar-refractivity contribution in [2.45, 2.75) is 19.4 Å². The zero-order valence-corrected chi connectivity index (χ0v) is 12.6. The highest BCUT2D eigenvalue weighted by atomic mass is 16.4. The predicted octanol–water partition coefficient (Wildman–Crippen LogP) is 1.27. The molecule has 1 amide bonds. The topological polar surface area (TPSA) is 88.3 Å². The molecule has 0 radical (unpaired) electrons. The van der Waals surface area contributed by atoms with E-state index in [4.69, 9.17) is 5.11 Å². The summed E-state index contributed by atoms with van der Waals surface area (Å²) >= 11 is 0. The van der Waals surface area contributed by atoms with Crippen molar-refractivity contribution >= 4 is 11.9 Å². The number of nitrogens with zero attached hydrogens (tertiary/aromatic N) is 4. The van der Waals surface area contributed by atoms with Gasteiger partial charge in [-0.1, -0.05) is 35.5 Å². The van der Waals surface area contributed by atoms with Crippen molar-refractivity contribution < 1.29 is 14.7 Å². The predicted molar refractivity (Wildman–Crippen MR) is 82.4 cm³/mol. The van der Waals surface area contributed by atoms with Gasteiger partial charge in [0.2, 0.25) is 5.91 Å². The molecule has 1 fully saturated rings. The van der Waals surface area contributed by atoms with Crippen LogP contribution in [0.3, 0.4) is 0 Å². The molecule has 1 aromatic carbocycles. The van der Waals surface area contributed by atoms with Crippen LogP contribution in [0.2, 0.25) is 0 Å². The summed E-state index contributed by atoms with van der Waals surface area (Å²) in [5.41, 5.74) is 1.68. The highest BCUT2D eigenvalue weighted by Crippen LogP contribution is 2.18. The van der Waals surface area contributed by atoms with Gasteiger partial charge in [-0.3, -0.25) is 9.59 Å². The number of carboxylic acids is 1. The van der Waals surface area contributed by atoms with Crippen molar-refractivity contribution in [1.82, 2.24) is 19.9 Å². The van der Waals surface area contributed by atoms with E-state index in [0.29, 0.717) is 25.9 Å². The Morgan fingerprint density at radius 2 is 1.87 bits per heavy atom. The van der Waals surface area contributed by atoms with Gasteiger partial charge >= 0.3 is 5.97 Å². The maximum Gasteiger partial charge on any atom is 0.306 e. The van der Waals surface area contributed by atoms with Crippen LogP contribution in [0.1, 0.15) is 12.8 Å². The Morgan fingerprint density at radius 1 is 1.17 bits per heavy atom. The van der Waals surface area contributed by atoms with Gasteiger partial charge in [0.25, 0.3) is 0 Å². The standard InChI is InChI=1S/C16H18N4O3/c21-15(19-8-6-13(7-9-19)16(22)23)11-20-10-14(17-18-20)12-4-2-1-3-5-12/h1-5,10,13H,6-9,11H2,(H,22,23). The van der Waals surface area contributed by atoms with E-state index in [0.717, 1.165) is 11.3 Å². The van der Waals surface area contributed by atoms with Crippen LogP contribution < -0.4 is 0 Å². The number of carbonyl (C=O) groups is 2. The zero-order chi connectivity index (χ0) is 16.2. The fourth-order valence-corrected chi connectivity index (χ4v) is 2.73. The average Bonchev–Trinajstić information content (AvgIpc) is 3.04. The molecule has 2 heterocycles. The van der Waals surface area contributed by atoms with E-state index in [-0.39, 0.29) is 18.4 Å². The first-order valence-electron chi connectivity index (χ1n) is 7.59. The van der Waals surface area contributed by atoms with Gasteiger partial charge in [-0.25, -0.2) is 4.68 Å². The van der Waals surface area contributed by atoms with Gasteiger partial charge in [-0.2, -0.15) is 0 Å². The summed E-state index contributed by atoms with van der Waals surface area (Å²) in [7, 11) is 0. The number of rotatable bonds is 4. The molecule has 1 saturated heterocycles. The second kappa shape index (κ2) is 6.60. The van der Waals surface area contributed by atoms with E-state index < -0.39 is 5.97 Å². The number of amides is 1. The Morgan fingerprint density at radius 3 is 2.52 bits per heavy atom. The molecule has 1 aromatic heterocycles. The molecule has 7 nitrogen and oxygen atoms in total. The fraction of sp³-hybridized carbons (Fsp3) is 0.375. The van der Waals surface area contributed by atoms with Crippen LogP contribution in [0.4, 0.5) is 0 Å². The number of hydrogen-bond acceptors (Lipinski definition) is 4. The lowest BCUT2D eigenvalue weighted by atomic mass is 9.97. The van der Waals surface area contributed by atoms with Gasteiger partial charge in [0.1, 0.15) is 12.2 Å². The minimum Gasteiger partial charge on any atom is -0.481 e. The molecular formula is C16H18N4O3. The number of aliphatic carboxylic acids is 1. The van der Waals surface area contributed by atoms with Crippen LogP contribution in [-0.4, -0.2) is 50.0 Å². The summed E-state index contributed by atoms with van der Waals surface area (Å²) in [6.45, 7) is 1.09. The smallest absolute Gasteiger partial charge is 0.306 e. The highest BCUT2D eigenvalue weighted by molar-refractivity contribution is 5.77. The molecular weight excluding hydrogens is 296 g/mol. The van der Waals surface area contributed by atoms with Gasteiger partial charge < -0.3 is 10.0 Å². The molecule has 7 heteroatoms. The van der Waals surface area contributed by atoms with Gasteiger partial charge in [-0.15, -0.1) is 5.10 Å². The SMILES string of the molecule is O=C(O)C1CCN(C(=O)Cn2cc(-c3ccccc3)nn2)CC1. The maximum absolute atomic E-state index is 12.3. The fourth-order valence-electron chi connectivity index (χ4n) is 2.73. The molecule has 0 atom stereocenters. The lowest BCUT2D eigenvalue weighted by molar-refractivity contribution is -0.145. The van der Waals surface area contributed by atoms with Crippen LogP contribution in [-0.2, 0) is 16.1 Å². The second-order valence-corrected chi connectivity index (χ2v) is 5.66. The van der Waals surface area contributed by atoms with E-state index in [9.17, 15) is 9.59 Å². The molecule has 23 heavy (non-hydrogen) atoms. The van der Waals surface area contributed by atoms with Crippen LogP contribution in [0.25, 0.3) is 11.3 Å². The molecule has 0 aliphatic carbocycles. The lowest BCUT2D eigenvalue weighted by Gasteiger charge is -2.30.